The van der Waals surface area contributed by atoms with E-state index in [1.165, 1.54) is 0 Å². The maximum Gasteiger partial charge on any atom is 0.433 e. The van der Waals surface area contributed by atoms with Crippen LogP contribution in [0, 0.1) is 0 Å². The molecule has 1 saturated heterocycles. The molecule has 1 aromatic carbocycles. The number of piperidine rings is 1. The molecule has 118 valence electrons. The van der Waals surface area contributed by atoms with Crippen molar-refractivity contribution >= 4 is 16.6 Å². The van der Waals surface area contributed by atoms with Crippen LogP contribution in [0.4, 0.5) is 18.9 Å². The minimum Gasteiger partial charge on any atom is -0.382 e. The lowest BCUT2D eigenvalue weighted by molar-refractivity contribution is -0.140. The Morgan fingerprint density at radius 1 is 1.18 bits per heavy atom. The third kappa shape index (κ3) is 3.16. The average Bonchev–Trinajstić information content (AvgIpc) is 2.48. The first kappa shape index (κ1) is 15.1. The fraction of sp³-hybridized carbons (Fsp3) is 0.438. The summed E-state index contributed by atoms with van der Waals surface area (Å²) in [6.07, 6.45) is -2.59. The zero-order chi connectivity index (χ0) is 15.7. The van der Waals surface area contributed by atoms with Gasteiger partial charge in [0.2, 0.25) is 0 Å². The summed E-state index contributed by atoms with van der Waals surface area (Å²) >= 11 is 0. The van der Waals surface area contributed by atoms with Crippen molar-refractivity contribution in [2.24, 2.45) is 0 Å². The summed E-state index contributed by atoms with van der Waals surface area (Å²) in [5.74, 6) is 0. The number of hydrogen-bond donors (Lipinski definition) is 1. The van der Waals surface area contributed by atoms with Gasteiger partial charge in [-0.15, -0.1) is 0 Å². The molecule has 22 heavy (non-hydrogen) atoms. The Kier molecular flexibility index (Phi) is 3.95. The molecule has 0 aliphatic carbocycles. The van der Waals surface area contributed by atoms with Crippen LogP contribution in [-0.4, -0.2) is 36.1 Å². The van der Waals surface area contributed by atoms with E-state index in [9.17, 15) is 13.2 Å². The number of benzene rings is 1. The fourth-order valence-corrected chi connectivity index (χ4v) is 2.81. The lowest BCUT2D eigenvalue weighted by atomic mass is 10.0. The summed E-state index contributed by atoms with van der Waals surface area (Å²) in [4.78, 5) is 5.97. The molecular weight excluding hydrogens is 291 g/mol. The van der Waals surface area contributed by atoms with Gasteiger partial charge in [0.25, 0.3) is 0 Å². The average molecular weight is 309 g/mol. The normalized spacial score (nSPS) is 17.8. The number of nitrogens with one attached hydrogen (secondary N) is 1. The van der Waals surface area contributed by atoms with E-state index in [2.05, 4.69) is 22.2 Å². The Morgan fingerprint density at radius 3 is 2.55 bits per heavy atom. The number of para-hydroxylation sites is 1. The molecule has 0 bridgehead atoms. The predicted molar refractivity (Wildman–Crippen MR) is 80.9 cm³/mol. The smallest absolute Gasteiger partial charge is 0.382 e. The maximum absolute atomic E-state index is 13.0. The highest BCUT2D eigenvalue weighted by atomic mass is 19.4. The molecular formula is C16H18F3N3. The van der Waals surface area contributed by atoms with Crippen molar-refractivity contribution in [3.63, 3.8) is 0 Å². The monoisotopic (exact) mass is 309 g/mol. The van der Waals surface area contributed by atoms with Crippen LogP contribution in [0.2, 0.25) is 0 Å². The highest BCUT2D eigenvalue weighted by molar-refractivity contribution is 5.91. The molecule has 0 amide bonds. The third-order valence-corrected chi connectivity index (χ3v) is 4.08. The molecule has 0 saturated carbocycles. The fourth-order valence-electron chi connectivity index (χ4n) is 2.81. The maximum atomic E-state index is 13.0. The Morgan fingerprint density at radius 2 is 1.86 bits per heavy atom. The van der Waals surface area contributed by atoms with Crippen LogP contribution in [0.15, 0.2) is 30.3 Å². The second kappa shape index (κ2) is 5.76. The molecule has 1 aliphatic rings. The molecule has 2 heterocycles. The number of rotatable bonds is 2. The van der Waals surface area contributed by atoms with Crippen LogP contribution in [0.25, 0.3) is 10.9 Å². The lowest BCUT2D eigenvalue weighted by Crippen LogP contribution is -2.36. The van der Waals surface area contributed by atoms with Crippen LogP contribution in [0.1, 0.15) is 18.5 Å². The quantitative estimate of drug-likeness (QED) is 0.915. The van der Waals surface area contributed by atoms with E-state index in [0.717, 1.165) is 37.4 Å². The summed E-state index contributed by atoms with van der Waals surface area (Å²) in [5.41, 5.74) is 0.0434. The van der Waals surface area contributed by atoms with E-state index in [4.69, 9.17) is 0 Å². The van der Waals surface area contributed by atoms with Crippen LogP contribution >= 0.6 is 0 Å². The van der Waals surface area contributed by atoms with E-state index >= 15 is 0 Å². The van der Waals surface area contributed by atoms with Crippen LogP contribution in [0.3, 0.4) is 0 Å². The standard InChI is InChI=1S/C16H18F3N3/c1-22-8-6-11(7-9-22)20-14-10-15(16(17,18)19)21-13-5-3-2-4-12(13)14/h2-5,10-11H,6-9H2,1H3,(H,20,21). The van der Waals surface area contributed by atoms with Gasteiger partial charge in [0.05, 0.1) is 5.52 Å². The molecule has 3 rings (SSSR count). The van der Waals surface area contributed by atoms with Gasteiger partial charge < -0.3 is 10.2 Å². The van der Waals surface area contributed by atoms with Gasteiger partial charge in [0.1, 0.15) is 5.69 Å². The molecule has 1 fully saturated rings. The van der Waals surface area contributed by atoms with Gasteiger partial charge in [-0.2, -0.15) is 13.2 Å². The third-order valence-electron chi connectivity index (χ3n) is 4.08. The van der Waals surface area contributed by atoms with E-state index < -0.39 is 11.9 Å². The first-order valence-electron chi connectivity index (χ1n) is 7.35. The number of anilines is 1. The molecule has 1 N–H and O–H groups in total. The molecule has 0 unspecified atom stereocenters. The number of fused-ring (bicyclic) bond motifs is 1. The zero-order valence-electron chi connectivity index (χ0n) is 12.3. The van der Waals surface area contributed by atoms with Crippen molar-refractivity contribution in [3.05, 3.63) is 36.0 Å². The van der Waals surface area contributed by atoms with Gasteiger partial charge in [-0.1, -0.05) is 18.2 Å². The number of alkyl halides is 3. The van der Waals surface area contributed by atoms with Crippen LogP contribution in [-0.2, 0) is 6.18 Å². The second-order valence-electron chi connectivity index (χ2n) is 5.79. The van der Waals surface area contributed by atoms with Crippen molar-refractivity contribution in [2.75, 3.05) is 25.5 Å². The van der Waals surface area contributed by atoms with E-state index in [0.29, 0.717) is 11.2 Å². The van der Waals surface area contributed by atoms with Gasteiger partial charge in [-0.3, -0.25) is 0 Å². The highest BCUT2D eigenvalue weighted by Gasteiger charge is 2.33. The SMILES string of the molecule is CN1CCC(Nc2cc(C(F)(F)F)nc3ccccc23)CC1. The van der Waals surface area contributed by atoms with Gasteiger partial charge >= 0.3 is 6.18 Å². The van der Waals surface area contributed by atoms with Gasteiger partial charge in [-0.25, -0.2) is 4.98 Å². The number of halogens is 3. The molecule has 0 atom stereocenters. The van der Waals surface area contributed by atoms with Crippen molar-refractivity contribution < 1.29 is 13.2 Å². The molecule has 1 aromatic heterocycles. The topological polar surface area (TPSA) is 28.2 Å². The molecule has 1 aliphatic heterocycles. The first-order valence-corrected chi connectivity index (χ1v) is 7.35. The van der Waals surface area contributed by atoms with Gasteiger partial charge in [-0.05, 0) is 45.1 Å². The van der Waals surface area contributed by atoms with Gasteiger partial charge in [0.15, 0.2) is 0 Å². The largest absolute Gasteiger partial charge is 0.433 e. The van der Waals surface area contributed by atoms with E-state index in [-0.39, 0.29) is 6.04 Å². The number of pyridine rings is 1. The number of aromatic nitrogens is 1. The zero-order valence-corrected chi connectivity index (χ0v) is 12.3. The van der Waals surface area contributed by atoms with Crippen molar-refractivity contribution in [1.82, 2.24) is 9.88 Å². The van der Waals surface area contributed by atoms with Crippen molar-refractivity contribution in [3.8, 4) is 0 Å². The number of likely N-dealkylation sites (tertiary alicyclic amines) is 1. The van der Waals surface area contributed by atoms with Gasteiger partial charge in [0, 0.05) is 17.1 Å². The Balaban J connectivity index is 1.96. The number of hydrogen-bond acceptors (Lipinski definition) is 3. The highest BCUT2D eigenvalue weighted by Crippen LogP contribution is 2.33. The molecule has 3 nitrogen and oxygen atoms in total. The second-order valence-corrected chi connectivity index (χ2v) is 5.79. The number of nitrogens with zero attached hydrogens (tertiary/aromatic N) is 2. The van der Waals surface area contributed by atoms with Crippen molar-refractivity contribution in [2.45, 2.75) is 25.1 Å². The van der Waals surface area contributed by atoms with E-state index in [1.807, 2.05) is 6.07 Å². The minimum atomic E-state index is -4.44. The summed E-state index contributed by atoms with van der Waals surface area (Å²) in [5, 5.41) is 4.02. The Hall–Kier alpha value is -1.82. The summed E-state index contributed by atoms with van der Waals surface area (Å²) in [6, 6.07) is 8.26. The van der Waals surface area contributed by atoms with E-state index in [1.54, 1.807) is 18.2 Å². The first-order chi connectivity index (χ1) is 10.4. The summed E-state index contributed by atoms with van der Waals surface area (Å²) in [7, 11) is 2.06. The molecule has 0 spiro atoms. The van der Waals surface area contributed by atoms with Crippen LogP contribution in [0.5, 0.6) is 0 Å². The Labute approximate surface area is 127 Å². The van der Waals surface area contributed by atoms with Crippen molar-refractivity contribution in [1.29, 1.82) is 0 Å². The van der Waals surface area contributed by atoms with Crippen LogP contribution < -0.4 is 5.32 Å². The Bertz CT molecular complexity index is 661. The minimum absolute atomic E-state index is 0.197. The molecule has 0 radical (unpaired) electrons. The summed E-state index contributed by atoms with van der Waals surface area (Å²) < 4.78 is 39.1. The summed E-state index contributed by atoms with van der Waals surface area (Å²) in [6.45, 7) is 1.90. The molecule has 6 heteroatoms. The predicted octanol–water partition coefficient (Wildman–Crippen LogP) is 3.76. The molecule has 2 aromatic rings. The lowest BCUT2D eigenvalue weighted by Gasteiger charge is -2.30.